The average Bonchev–Trinajstić information content (AvgIpc) is 2.73. The van der Waals surface area contributed by atoms with Crippen molar-refractivity contribution in [2.45, 2.75) is 13.3 Å². The Labute approximate surface area is 165 Å². The van der Waals surface area contributed by atoms with E-state index >= 15 is 0 Å². The predicted octanol–water partition coefficient (Wildman–Crippen LogP) is 5.92. The molecule has 0 saturated heterocycles. The fourth-order valence-corrected chi connectivity index (χ4v) is 3.78. The largest absolute Gasteiger partial charge is 0.497 e. The maximum atomic E-state index is 5.52. The molecule has 0 radical (unpaired) electrons. The molecule has 0 aliphatic rings. The minimum Gasteiger partial charge on any atom is -0.497 e. The van der Waals surface area contributed by atoms with Gasteiger partial charge in [0.2, 0.25) is 0 Å². The van der Waals surface area contributed by atoms with Crippen LogP contribution in [0.1, 0.15) is 16.7 Å². The molecule has 0 aromatic heterocycles. The van der Waals surface area contributed by atoms with E-state index in [4.69, 9.17) is 14.2 Å². The minimum absolute atomic E-state index is 0.751. The number of methoxy groups -OCH3 is 3. The molecule has 0 N–H and O–H groups in total. The molecule has 4 aromatic carbocycles. The molecule has 0 amide bonds. The fourth-order valence-electron chi connectivity index (χ4n) is 3.78. The first kappa shape index (κ1) is 18.2. The lowest BCUT2D eigenvalue weighted by Crippen LogP contribution is -1.96. The lowest BCUT2D eigenvalue weighted by molar-refractivity contribution is 0.356. The first-order valence-electron chi connectivity index (χ1n) is 9.34. The number of fused-ring (bicyclic) bond motifs is 2. The zero-order valence-electron chi connectivity index (χ0n) is 16.7. The predicted molar refractivity (Wildman–Crippen MR) is 115 cm³/mol. The summed E-state index contributed by atoms with van der Waals surface area (Å²) in [6.07, 6.45) is 0.853. The normalized spacial score (nSPS) is 11.0. The van der Waals surface area contributed by atoms with Crippen molar-refractivity contribution in [3.8, 4) is 17.2 Å². The summed E-state index contributed by atoms with van der Waals surface area (Å²) >= 11 is 0. The number of ether oxygens (including phenoxy) is 3. The van der Waals surface area contributed by atoms with Crippen LogP contribution in [-0.2, 0) is 6.42 Å². The van der Waals surface area contributed by atoms with Crippen molar-refractivity contribution in [3.63, 3.8) is 0 Å². The van der Waals surface area contributed by atoms with Gasteiger partial charge in [-0.2, -0.15) is 0 Å². The molecule has 0 aliphatic heterocycles. The molecule has 142 valence electrons. The van der Waals surface area contributed by atoms with Gasteiger partial charge in [0.25, 0.3) is 0 Å². The van der Waals surface area contributed by atoms with Gasteiger partial charge in [-0.3, -0.25) is 0 Å². The van der Waals surface area contributed by atoms with Crippen molar-refractivity contribution in [3.05, 3.63) is 77.4 Å². The summed E-state index contributed by atoms with van der Waals surface area (Å²) in [6, 6.07) is 21.2. The Hall–Kier alpha value is -3.20. The number of hydrogen-bond acceptors (Lipinski definition) is 3. The highest BCUT2D eigenvalue weighted by Crippen LogP contribution is 2.35. The third kappa shape index (κ3) is 3.24. The molecule has 0 saturated carbocycles. The van der Waals surface area contributed by atoms with Crippen molar-refractivity contribution in [2.75, 3.05) is 21.3 Å². The lowest BCUT2D eigenvalue weighted by Gasteiger charge is -2.14. The van der Waals surface area contributed by atoms with E-state index in [1.54, 1.807) is 21.3 Å². The summed E-state index contributed by atoms with van der Waals surface area (Å²) in [4.78, 5) is 0. The van der Waals surface area contributed by atoms with E-state index in [1.807, 2.05) is 12.1 Å². The van der Waals surface area contributed by atoms with Crippen molar-refractivity contribution in [1.82, 2.24) is 0 Å². The van der Waals surface area contributed by atoms with Crippen LogP contribution in [0, 0.1) is 6.92 Å². The van der Waals surface area contributed by atoms with Crippen molar-refractivity contribution >= 4 is 21.5 Å². The molecule has 28 heavy (non-hydrogen) atoms. The van der Waals surface area contributed by atoms with Gasteiger partial charge in [0.1, 0.15) is 5.75 Å². The van der Waals surface area contributed by atoms with Crippen molar-refractivity contribution in [1.29, 1.82) is 0 Å². The molecule has 4 rings (SSSR count). The average molecular weight is 372 g/mol. The van der Waals surface area contributed by atoms with Gasteiger partial charge < -0.3 is 14.2 Å². The first-order chi connectivity index (χ1) is 13.6. The summed E-state index contributed by atoms with van der Waals surface area (Å²) in [5.41, 5.74) is 3.86. The van der Waals surface area contributed by atoms with E-state index in [0.29, 0.717) is 0 Å². The van der Waals surface area contributed by atoms with E-state index in [-0.39, 0.29) is 0 Å². The number of aryl methyl sites for hydroxylation is 1. The highest BCUT2D eigenvalue weighted by atomic mass is 16.5. The van der Waals surface area contributed by atoms with Gasteiger partial charge in [-0.1, -0.05) is 36.4 Å². The molecule has 0 fully saturated rings. The van der Waals surface area contributed by atoms with Crippen LogP contribution in [0.2, 0.25) is 0 Å². The summed E-state index contributed by atoms with van der Waals surface area (Å²) in [6.45, 7) is 2.17. The van der Waals surface area contributed by atoms with Gasteiger partial charge in [-0.25, -0.2) is 0 Å². The van der Waals surface area contributed by atoms with Crippen LogP contribution in [0.5, 0.6) is 17.2 Å². The monoisotopic (exact) mass is 372 g/mol. The van der Waals surface area contributed by atoms with Crippen molar-refractivity contribution < 1.29 is 14.2 Å². The van der Waals surface area contributed by atoms with E-state index in [2.05, 4.69) is 55.5 Å². The van der Waals surface area contributed by atoms with Crippen LogP contribution in [0.15, 0.2) is 60.7 Å². The fraction of sp³-hybridized carbons (Fsp3) is 0.200. The molecule has 0 atom stereocenters. The second-order valence-electron chi connectivity index (χ2n) is 7.01. The van der Waals surface area contributed by atoms with Gasteiger partial charge in [0, 0.05) is 0 Å². The van der Waals surface area contributed by atoms with Gasteiger partial charge >= 0.3 is 0 Å². The maximum Gasteiger partial charge on any atom is 0.161 e. The highest BCUT2D eigenvalue weighted by molar-refractivity contribution is 5.90. The first-order valence-corrected chi connectivity index (χ1v) is 9.34. The van der Waals surface area contributed by atoms with Crippen LogP contribution in [0.3, 0.4) is 0 Å². The zero-order chi connectivity index (χ0) is 19.7. The standard InChI is InChI=1S/C25H24O3/c1-16-10-17-8-9-22(26-2)13-21(17)12-20(16)11-18-6-5-7-19-14-24(27-3)25(28-4)15-23(18)19/h5-10,12-15H,11H2,1-4H3. The van der Waals surface area contributed by atoms with E-state index in [0.717, 1.165) is 29.1 Å². The van der Waals surface area contributed by atoms with Gasteiger partial charge in [-0.15, -0.1) is 0 Å². The molecule has 0 aliphatic carbocycles. The molecule has 0 unspecified atom stereocenters. The van der Waals surface area contributed by atoms with Crippen molar-refractivity contribution in [2.24, 2.45) is 0 Å². The molecule has 4 aromatic rings. The Morgan fingerprint density at radius 3 is 2.18 bits per heavy atom. The SMILES string of the molecule is COc1ccc2cc(C)c(Cc3cccc4cc(OC)c(OC)cc34)cc2c1. The number of benzene rings is 4. The van der Waals surface area contributed by atoms with E-state index in [9.17, 15) is 0 Å². The van der Waals surface area contributed by atoms with Gasteiger partial charge in [0.15, 0.2) is 11.5 Å². The number of hydrogen-bond donors (Lipinski definition) is 0. The van der Waals surface area contributed by atoms with Crippen LogP contribution in [-0.4, -0.2) is 21.3 Å². The summed E-state index contributed by atoms with van der Waals surface area (Å²) in [5, 5.41) is 4.76. The molecule has 3 nitrogen and oxygen atoms in total. The second-order valence-corrected chi connectivity index (χ2v) is 7.01. The quantitative estimate of drug-likeness (QED) is 0.435. The van der Waals surface area contributed by atoms with E-state index in [1.165, 1.54) is 32.8 Å². The van der Waals surface area contributed by atoms with Crippen LogP contribution < -0.4 is 14.2 Å². The van der Waals surface area contributed by atoms with Gasteiger partial charge in [-0.05, 0) is 75.8 Å². The minimum atomic E-state index is 0.751. The Balaban J connectivity index is 1.82. The summed E-state index contributed by atoms with van der Waals surface area (Å²) < 4.78 is 16.4. The van der Waals surface area contributed by atoms with E-state index < -0.39 is 0 Å². The topological polar surface area (TPSA) is 27.7 Å². The third-order valence-corrected chi connectivity index (χ3v) is 5.36. The summed E-state index contributed by atoms with van der Waals surface area (Å²) in [5.74, 6) is 2.38. The lowest BCUT2D eigenvalue weighted by atomic mass is 9.93. The zero-order valence-corrected chi connectivity index (χ0v) is 16.7. The Morgan fingerprint density at radius 1 is 0.643 bits per heavy atom. The highest BCUT2D eigenvalue weighted by Gasteiger charge is 2.11. The number of rotatable bonds is 5. The second kappa shape index (κ2) is 7.43. The molecule has 0 heterocycles. The maximum absolute atomic E-state index is 5.52. The van der Waals surface area contributed by atoms with Crippen LogP contribution >= 0.6 is 0 Å². The smallest absolute Gasteiger partial charge is 0.161 e. The summed E-state index contributed by atoms with van der Waals surface area (Å²) in [7, 11) is 5.04. The molecule has 3 heteroatoms. The molecular formula is C25H24O3. The molecule has 0 spiro atoms. The molecular weight excluding hydrogens is 348 g/mol. The van der Waals surface area contributed by atoms with Gasteiger partial charge in [0.05, 0.1) is 21.3 Å². The Morgan fingerprint density at radius 2 is 1.43 bits per heavy atom. The Kier molecular flexibility index (Phi) is 4.82. The third-order valence-electron chi connectivity index (χ3n) is 5.36. The van der Waals surface area contributed by atoms with Crippen LogP contribution in [0.4, 0.5) is 0 Å². The van der Waals surface area contributed by atoms with Crippen LogP contribution in [0.25, 0.3) is 21.5 Å². The molecule has 0 bridgehead atoms. The Bertz CT molecular complexity index is 1160.